The smallest absolute Gasteiger partial charge is 0.408 e. The zero-order chi connectivity index (χ0) is 29.7. The summed E-state index contributed by atoms with van der Waals surface area (Å²) in [7, 11) is 0. The van der Waals surface area contributed by atoms with E-state index in [2.05, 4.69) is 33.4 Å². The normalized spacial score (nSPS) is 20.2. The lowest BCUT2D eigenvalue weighted by Crippen LogP contribution is -2.62. The molecule has 7 nitrogen and oxygen atoms in total. The van der Waals surface area contributed by atoms with E-state index in [0.29, 0.717) is 18.5 Å². The maximum atomic E-state index is 12.8. The van der Waals surface area contributed by atoms with Crippen molar-refractivity contribution in [2.24, 2.45) is 0 Å². The number of hydrogen-bond acceptors (Lipinski definition) is 5. The first-order chi connectivity index (χ1) is 19.9. The molecule has 3 aromatic carbocycles. The van der Waals surface area contributed by atoms with Gasteiger partial charge in [-0.1, -0.05) is 84.9 Å². The number of nitrogens with one attached hydrogen (secondary N) is 1. The van der Waals surface area contributed by atoms with Gasteiger partial charge in [0.05, 0.1) is 21.3 Å². The Morgan fingerprint density at radius 1 is 0.905 bits per heavy atom. The molecule has 1 saturated carbocycles. The Morgan fingerprint density at radius 2 is 1.48 bits per heavy atom. The van der Waals surface area contributed by atoms with Crippen LogP contribution in [0.4, 0.5) is 4.79 Å². The van der Waals surface area contributed by atoms with E-state index >= 15 is 0 Å². The molecule has 1 fully saturated rings. The summed E-state index contributed by atoms with van der Waals surface area (Å²) < 4.78 is 8.19. The molecule has 1 aliphatic rings. The fraction of sp³-hybridized carbons (Fsp3) is 0.265. The molecule has 42 heavy (non-hydrogen) atoms. The quantitative estimate of drug-likeness (QED) is 0.209. The Labute approximate surface area is 253 Å². The average molecular weight is 626 g/mol. The van der Waals surface area contributed by atoms with Gasteiger partial charge in [0.2, 0.25) is 0 Å². The summed E-state index contributed by atoms with van der Waals surface area (Å²) in [5.74, 6) is 0. The number of fused-ring (bicyclic) bond motifs is 1. The standard InChI is InChI=1S/C34H33BrN4O3/c1-32(2,3)42-31(40)37-34(20-33(4,41)21-34)25-17-15-24(16-18-25)28-26(22-11-7-5-8-12-22)19-39-30(36-28)27(35)29(38-39)23-13-9-6-10-14-23/h5-19,41H,20-21H2,1-4H3,(H,37,40). The Hall–Kier alpha value is -4.01. The van der Waals surface area contributed by atoms with Crippen LogP contribution < -0.4 is 5.32 Å². The van der Waals surface area contributed by atoms with Crippen LogP contribution >= 0.6 is 15.9 Å². The molecule has 2 heterocycles. The van der Waals surface area contributed by atoms with E-state index < -0.39 is 22.8 Å². The predicted octanol–water partition coefficient (Wildman–Crippen LogP) is 7.76. The van der Waals surface area contributed by atoms with Crippen molar-refractivity contribution in [1.82, 2.24) is 19.9 Å². The fourth-order valence-corrected chi connectivity index (χ4v) is 6.41. The minimum Gasteiger partial charge on any atom is -0.444 e. The summed E-state index contributed by atoms with van der Waals surface area (Å²) in [6.07, 6.45) is 2.30. The molecule has 0 bridgehead atoms. The van der Waals surface area contributed by atoms with Gasteiger partial charge in [-0.25, -0.2) is 14.3 Å². The zero-order valence-electron chi connectivity index (χ0n) is 24.1. The summed E-state index contributed by atoms with van der Waals surface area (Å²) in [4.78, 5) is 17.9. The highest BCUT2D eigenvalue weighted by molar-refractivity contribution is 9.10. The third kappa shape index (κ3) is 5.44. The number of benzene rings is 3. The second-order valence-corrected chi connectivity index (χ2v) is 13.1. The van der Waals surface area contributed by atoms with Crippen LogP contribution in [0.2, 0.25) is 0 Å². The first-order valence-electron chi connectivity index (χ1n) is 14.0. The van der Waals surface area contributed by atoms with Crippen molar-refractivity contribution in [1.29, 1.82) is 0 Å². The Bertz CT molecular complexity index is 1750. The molecular weight excluding hydrogens is 592 g/mol. The SMILES string of the molecule is CC1(O)CC(NC(=O)OC(C)(C)C)(c2ccc(-c3nc4c(Br)c(-c5ccccc5)nn4cc3-c3ccccc3)cc2)C1. The van der Waals surface area contributed by atoms with E-state index in [9.17, 15) is 9.90 Å². The molecular formula is C34H33BrN4O3. The molecule has 1 aliphatic carbocycles. The highest BCUT2D eigenvalue weighted by Crippen LogP contribution is 2.49. The van der Waals surface area contributed by atoms with Gasteiger partial charge in [0, 0.05) is 35.7 Å². The average Bonchev–Trinajstić information content (AvgIpc) is 3.26. The number of alkyl carbamates (subject to hydrolysis) is 1. The predicted molar refractivity (Wildman–Crippen MR) is 168 cm³/mol. The van der Waals surface area contributed by atoms with E-state index in [1.807, 2.05) is 104 Å². The van der Waals surface area contributed by atoms with E-state index in [-0.39, 0.29) is 0 Å². The van der Waals surface area contributed by atoms with Crippen molar-refractivity contribution in [2.75, 3.05) is 0 Å². The van der Waals surface area contributed by atoms with E-state index in [4.69, 9.17) is 14.8 Å². The molecule has 8 heteroatoms. The molecule has 2 N–H and O–H groups in total. The molecule has 0 atom stereocenters. The van der Waals surface area contributed by atoms with Crippen LogP contribution in [-0.2, 0) is 10.3 Å². The Morgan fingerprint density at radius 3 is 2.05 bits per heavy atom. The first-order valence-corrected chi connectivity index (χ1v) is 14.8. The van der Waals surface area contributed by atoms with Gasteiger partial charge < -0.3 is 15.2 Å². The van der Waals surface area contributed by atoms with Crippen LogP contribution in [0.15, 0.2) is 95.6 Å². The molecule has 2 aromatic heterocycles. The number of nitrogens with zero attached hydrogens (tertiary/aromatic N) is 3. The molecule has 0 radical (unpaired) electrons. The van der Waals surface area contributed by atoms with E-state index in [1.165, 1.54) is 0 Å². The summed E-state index contributed by atoms with van der Waals surface area (Å²) in [5, 5.41) is 18.6. The Balaban J connectivity index is 1.42. The number of aromatic nitrogens is 3. The van der Waals surface area contributed by atoms with Gasteiger partial charge in [0.15, 0.2) is 5.65 Å². The summed E-state index contributed by atoms with van der Waals surface area (Å²) in [6, 6.07) is 28.2. The molecule has 0 spiro atoms. The van der Waals surface area contributed by atoms with Crippen molar-refractivity contribution in [2.45, 2.75) is 57.3 Å². The maximum Gasteiger partial charge on any atom is 0.408 e. The number of ether oxygens (including phenoxy) is 1. The summed E-state index contributed by atoms with van der Waals surface area (Å²) in [5.41, 5.74) is 4.94. The van der Waals surface area contributed by atoms with Crippen LogP contribution in [0.5, 0.6) is 0 Å². The molecule has 5 aromatic rings. The largest absolute Gasteiger partial charge is 0.444 e. The number of amides is 1. The zero-order valence-corrected chi connectivity index (χ0v) is 25.6. The molecule has 214 valence electrons. The highest BCUT2D eigenvalue weighted by atomic mass is 79.9. The van der Waals surface area contributed by atoms with Gasteiger partial charge in [-0.15, -0.1) is 0 Å². The maximum absolute atomic E-state index is 12.8. The number of carbonyl (C=O) groups is 1. The topological polar surface area (TPSA) is 88.8 Å². The van der Waals surface area contributed by atoms with Crippen LogP contribution in [0.25, 0.3) is 39.3 Å². The van der Waals surface area contributed by atoms with Crippen molar-refractivity contribution in [3.8, 4) is 33.6 Å². The van der Waals surface area contributed by atoms with Gasteiger partial charge in [-0.05, 0) is 54.8 Å². The number of rotatable bonds is 5. The minimum atomic E-state index is -0.870. The van der Waals surface area contributed by atoms with Crippen LogP contribution in [0.1, 0.15) is 46.1 Å². The van der Waals surface area contributed by atoms with Gasteiger partial charge in [-0.3, -0.25) is 0 Å². The van der Waals surface area contributed by atoms with Gasteiger partial charge in [0.1, 0.15) is 11.3 Å². The van der Waals surface area contributed by atoms with Crippen molar-refractivity contribution >= 4 is 27.7 Å². The van der Waals surface area contributed by atoms with Crippen molar-refractivity contribution in [3.63, 3.8) is 0 Å². The minimum absolute atomic E-state index is 0.392. The first kappa shape index (κ1) is 28.1. The number of halogens is 1. The third-order valence-electron chi connectivity index (χ3n) is 7.50. The third-order valence-corrected chi connectivity index (χ3v) is 8.23. The monoisotopic (exact) mass is 624 g/mol. The lowest BCUT2D eigenvalue weighted by atomic mass is 9.62. The number of aliphatic hydroxyl groups is 1. The molecule has 0 unspecified atom stereocenters. The molecule has 0 saturated heterocycles. The molecule has 0 aliphatic heterocycles. The number of hydrogen-bond donors (Lipinski definition) is 2. The second-order valence-electron chi connectivity index (χ2n) is 12.3. The molecule has 1 amide bonds. The van der Waals surface area contributed by atoms with Crippen LogP contribution in [-0.4, -0.2) is 37.0 Å². The summed E-state index contributed by atoms with van der Waals surface area (Å²) in [6.45, 7) is 7.29. The van der Waals surface area contributed by atoms with E-state index in [1.54, 1.807) is 6.92 Å². The van der Waals surface area contributed by atoms with Crippen LogP contribution in [0, 0.1) is 0 Å². The second kappa shape index (κ2) is 10.4. The Kier molecular flexibility index (Phi) is 6.94. The van der Waals surface area contributed by atoms with Crippen LogP contribution in [0.3, 0.4) is 0 Å². The van der Waals surface area contributed by atoms with Crippen molar-refractivity contribution < 1.29 is 14.6 Å². The van der Waals surface area contributed by atoms with E-state index in [0.717, 1.165) is 43.7 Å². The lowest BCUT2D eigenvalue weighted by molar-refractivity contribution is -0.0892. The number of carbonyl (C=O) groups excluding carboxylic acids is 1. The van der Waals surface area contributed by atoms with Crippen molar-refractivity contribution in [3.05, 3.63) is 101 Å². The lowest BCUT2D eigenvalue weighted by Gasteiger charge is -2.52. The summed E-state index contributed by atoms with van der Waals surface area (Å²) >= 11 is 3.76. The fourth-order valence-electron chi connectivity index (χ4n) is 5.83. The molecule has 6 rings (SSSR count). The highest BCUT2D eigenvalue weighted by Gasteiger charge is 2.53. The van der Waals surface area contributed by atoms with Gasteiger partial charge >= 0.3 is 6.09 Å². The van der Waals surface area contributed by atoms with Gasteiger partial charge in [-0.2, -0.15) is 5.10 Å². The van der Waals surface area contributed by atoms with Gasteiger partial charge in [0.25, 0.3) is 0 Å².